The molecule has 0 aliphatic rings. The highest BCUT2D eigenvalue weighted by Crippen LogP contribution is 2.09. The molecule has 1 heteroatoms. The van der Waals surface area contributed by atoms with Crippen molar-refractivity contribution in [2.24, 2.45) is 5.92 Å². The molecule has 1 aromatic carbocycles. The van der Waals surface area contributed by atoms with Crippen LogP contribution in [0.3, 0.4) is 0 Å². The summed E-state index contributed by atoms with van der Waals surface area (Å²) in [5.41, 5.74) is 1.46. The quantitative estimate of drug-likeness (QED) is 0.691. The topological polar surface area (TPSA) is 3.24 Å². The first-order valence-electron chi connectivity index (χ1n) is 5.37. The average Bonchev–Trinajstić information content (AvgIpc) is 2.15. The van der Waals surface area contributed by atoms with Crippen LogP contribution in [0.1, 0.15) is 18.9 Å². The SMILES string of the molecule is C[C@@H](CCc1ccccc1)CN(C)C. The van der Waals surface area contributed by atoms with Crippen LogP contribution in [-0.2, 0) is 6.42 Å². The van der Waals surface area contributed by atoms with Crippen molar-refractivity contribution in [3.63, 3.8) is 0 Å². The molecule has 0 bridgehead atoms. The van der Waals surface area contributed by atoms with Crippen molar-refractivity contribution < 1.29 is 0 Å². The van der Waals surface area contributed by atoms with E-state index in [4.69, 9.17) is 0 Å². The molecule has 0 saturated heterocycles. The lowest BCUT2D eigenvalue weighted by Gasteiger charge is -2.16. The van der Waals surface area contributed by atoms with Crippen molar-refractivity contribution >= 4 is 0 Å². The van der Waals surface area contributed by atoms with Gasteiger partial charge in [0, 0.05) is 6.54 Å². The fourth-order valence-electron chi connectivity index (χ4n) is 1.77. The maximum atomic E-state index is 2.32. The molecule has 0 aliphatic carbocycles. The third-order valence-corrected chi connectivity index (χ3v) is 2.45. The summed E-state index contributed by atoms with van der Waals surface area (Å²) in [5.74, 6) is 0.783. The zero-order valence-corrected chi connectivity index (χ0v) is 9.53. The van der Waals surface area contributed by atoms with E-state index in [1.165, 1.54) is 24.9 Å². The van der Waals surface area contributed by atoms with Crippen LogP contribution < -0.4 is 0 Å². The number of nitrogens with zero attached hydrogens (tertiary/aromatic N) is 1. The predicted octanol–water partition coefficient (Wildman–Crippen LogP) is 2.82. The Balaban J connectivity index is 2.27. The van der Waals surface area contributed by atoms with Crippen LogP contribution in [-0.4, -0.2) is 25.5 Å². The van der Waals surface area contributed by atoms with Gasteiger partial charge in [-0.25, -0.2) is 0 Å². The van der Waals surface area contributed by atoms with Gasteiger partial charge in [0.15, 0.2) is 0 Å². The summed E-state index contributed by atoms with van der Waals surface area (Å²) in [5, 5.41) is 0. The lowest BCUT2D eigenvalue weighted by Crippen LogP contribution is -2.20. The van der Waals surface area contributed by atoms with E-state index in [0.29, 0.717) is 0 Å². The molecule has 1 nitrogen and oxygen atoms in total. The van der Waals surface area contributed by atoms with Gasteiger partial charge < -0.3 is 4.90 Å². The number of hydrogen-bond acceptors (Lipinski definition) is 1. The molecule has 0 aromatic heterocycles. The molecule has 0 radical (unpaired) electrons. The molecule has 78 valence electrons. The number of rotatable bonds is 5. The zero-order chi connectivity index (χ0) is 10.4. The third-order valence-electron chi connectivity index (χ3n) is 2.45. The van der Waals surface area contributed by atoms with Crippen LogP contribution in [0.5, 0.6) is 0 Å². The Morgan fingerprint density at radius 2 is 1.79 bits per heavy atom. The van der Waals surface area contributed by atoms with Gasteiger partial charge in [-0.15, -0.1) is 0 Å². The van der Waals surface area contributed by atoms with E-state index < -0.39 is 0 Å². The Bertz CT molecular complexity index is 241. The Morgan fingerprint density at radius 1 is 1.14 bits per heavy atom. The monoisotopic (exact) mass is 191 g/mol. The van der Waals surface area contributed by atoms with Gasteiger partial charge in [0.1, 0.15) is 0 Å². The van der Waals surface area contributed by atoms with Crippen molar-refractivity contribution in [3.05, 3.63) is 35.9 Å². The maximum absolute atomic E-state index is 2.32. The highest BCUT2D eigenvalue weighted by Gasteiger charge is 2.03. The maximum Gasteiger partial charge on any atom is 0.000103 e. The van der Waals surface area contributed by atoms with Crippen LogP contribution in [0.25, 0.3) is 0 Å². The summed E-state index contributed by atoms with van der Waals surface area (Å²) in [6.45, 7) is 3.51. The number of hydrogen-bond donors (Lipinski definition) is 0. The largest absolute Gasteiger partial charge is 0.309 e. The molecule has 0 amide bonds. The van der Waals surface area contributed by atoms with Gasteiger partial charge in [0.2, 0.25) is 0 Å². The molecule has 0 unspecified atom stereocenters. The van der Waals surface area contributed by atoms with E-state index in [9.17, 15) is 0 Å². The highest BCUT2D eigenvalue weighted by molar-refractivity contribution is 5.14. The van der Waals surface area contributed by atoms with Crippen LogP contribution in [0.2, 0.25) is 0 Å². The molecular formula is C13H21N. The summed E-state index contributed by atoms with van der Waals surface area (Å²) >= 11 is 0. The van der Waals surface area contributed by atoms with Gasteiger partial charge in [-0.1, -0.05) is 37.3 Å². The van der Waals surface area contributed by atoms with Crippen molar-refractivity contribution in [1.29, 1.82) is 0 Å². The van der Waals surface area contributed by atoms with E-state index >= 15 is 0 Å². The van der Waals surface area contributed by atoms with Crippen molar-refractivity contribution in [2.45, 2.75) is 19.8 Å². The highest BCUT2D eigenvalue weighted by atomic mass is 15.1. The second-order valence-electron chi connectivity index (χ2n) is 4.39. The van der Waals surface area contributed by atoms with Gasteiger partial charge in [-0.2, -0.15) is 0 Å². The van der Waals surface area contributed by atoms with Crippen LogP contribution in [0, 0.1) is 5.92 Å². The molecular weight excluding hydrogens is 170 g/mol. The second-order valence-corrected chi connectivity index (χ2v) is 4.39. The first-order chi connectivity index (χ1) is 6.68. The minimum absolute atomic E-state index is 0.783. The molecule has 0 saturated carbocycles. The van der Waals surface area contributed by atoms with Gasteiger partial charge in [-0.05, 0) is 38.4 Å². The number of aryl methyl sites for hydroxylation is 1. The third kappa shape index (κ3) is 4.43. The second kappa shape index (κ2) is 5.82. The lowest BCUT2D eigenvalue weighted by atomic mass is 10.0. The predicted molar refractivity (Wildman–Crippen MR) is 62.5 cm³/mol. The molecule has 0 aliphatic heterocycles. The van der Waals surface area contributed by atoms with Gasteiger partial charge in [-0.3, -0.25) is 0 Å². The number of benzene rings is 1. The van der Waals surface area contributed by atoms with Crippen molar-refractivity contribution in [1.82, 2.24) is 4.90 Å². The van der Waals surface area contributed by atoms with Gasteiger partial charge in [0.25, 0.3) is 0 Å². The molecule has 0 fully saturated rings. The van der Waals surface area contributed by atoms with Crippen LogP contribution in [0.15, 0.2) is 30.3 Å². The molecule has 14 heavy (non-hydrogen) atoms. The van der Waals surface area contributed by atoms with Crippen LogP contribution >= 0.6 is 0 Å². The van der Waals surface area contributed by atoms with E-state index in [2.05, 4.69) is 56.3 Å². The van der Waals surface area contributed by atoms with Gasteiger partial charge >= 0.3 is 0 Å². The lowest BCUT2D eigenvalue weighted by molar-refractivity contribution is 0.328. The molecule has 1 aromatic rings. The standard InChI is InChI=1S/C13H21N/c1-12(11-14(2)3)9-10-13-7-5-4-6-8-13/h4-8,12H,9-11H2,1-3H3/t12-/m0/s1. The first kappa shape index (κ1) is 11.3. The summed E-state index contributed by atoms with van der Waals surface area (Å²) in [4.78, 5) is 2.26. The Morgan fingerprint density at radius 3 is 2.36 bits per heavy atom. The van der Waals surface area contributed by atoms with E-state index in [1.807, 2.05) is 0 Å². The fourth-order valence-corrected chi connectivity index (χ4v) is 1.77. The molecule has 0 heterocycles. The molecule has 0 N–H and O–H groups in total. The summed E-state index contributed by atoms with van der Waals surface area (Å²) in [7, 11) is 4.28. The molecule has 1 rings (SSSR count). The Labute approximate surface area is 87.7 Å². The average molecular weight is 191 g/mol. The van der Waals surface area contributed by atoms with Crippen molar-refractivity contribution in [3.8, 4) is 0 Å². The first-order valence-corrected chi connectivity index (χ1v) is 5.37. The normalized spacial score (nSPS) is 13.1. The summed E-state index contributed by atoms with van der Waals surface area (Å²) in [6, 6.07) is 10.7. The Hall–Kier alpha value is -0.820. The van der Waals surface area contributed by atoms with E-state index in [-0.39, 0.29) is 0 Å². The van der Waals surface area contributed by atoms with Crippen LogP contribution in [0.4, 0.5) is 0 Å². The van der Waals surface area contributed by atoms with Crippen molar-refractivity contribution in [2.75, 3.05) is 20.6 Å². The Kier molecular flexibility index (Phi) is 4.68. The van der Waals surface area contributed by atoms with E-state index in [0.717, 1.165) is 5.92 Å². The zero-order valence-electron chi connectivity index (χ0n) is 9.53. The minimum Gasteiger partial charge on any atom is -0.309 e. The molecule has 1 atom stereocenters. The smallest absolute Gasteiger partial charge is 0.000103 e. The van der Waals surface area contributed by atoms with Gasteiger partial charge in [0.05, 0.1) is 0 Å². The summed E-state index contributed by atoms with van der Waals surface area (Å²) < 4.78 is 0. The fraction of sp³-hybridized carbons (Fsp3) is 0.538. The summed E-state index contributed by atoms with van der Waals surface area (Å²) in [6.07, 6.45) is 2.48. The minimum atomic E-state index is 0.783. The molecule has 0 spiro atoms. The van der Waals surface area contributed by atoms with E-state index in [1.54, 1.807) is 0 Å².